The van der Waals surface area contributed by atoms with Crippen molar-refractivity contribution in [2.75, 3.05) is 21.2 Å². The molecule has 0 amide bonds. The zero-order chi connectivity index (χ0) is 47.2. The molecule has 3 saturated heterocycles. The Morgan fingerprint density at radius 2 is 1.74 bits per heavy atom. The summed E-state index contributed by atoms with van der Waals surface area (Å²) in [6.45, 7) is 15.1. The lowest BCUT2D eigenvalue weighted by atomic mass is 9.73. The molecule has 0 aliphatic carbocycles. The largest absolute Gasteiger partial charge is 0.509 e. The van der Waals surface area contributed by atoms with Crippen molar-refractivity contribution in [3.05, 3.63) is 89.3 Å². The number of aliphatic hydroxyl groups is 1. The summed E-state index contributed by atoms with van der Waals surface area (Å²) in [6, 6.07) is 17.1. The fourth-order valence-electron chi connectivity index (χ4n) is 9.97. The Morgan fingerprint density at radius 1 is 1.02 bits per heavy atom. The first kappa shape index (κ1) is 50.1. The number of carbonyl (C=O) groups excluding carboxylic acids is 2. The number of cyclic esters (lactones) is 1. The predicted molar refractivity (Wildman–Crippen MR) is 247 cm³/mol. The number of hydrogen-bond donors (Lipinski definition) is 1. The smallest absolute Gasteiger partial charge is 0.497 e. The first-order chi connectivity index (χ1) is 30.9. The maximum Gasteiger partial charge on any atom is 0.509 e. The molecular weight excluding hydrogens is 854 g/mol. The van der Waals surface area contributed by atoms with Crippen LogP contribution in [0.15, 0.2) is 78.3 Å². The molecule has 0 saturated carbocycles. The minimum Gasteiger partial charge on any atom is -0.497 e. The van der Waals surface area contributed by atoms with Crippen molar-refractivity contribution in [2.45, 2.75) is 148 Å². The van der Waals surface area contributed by atoms with E-state index in [4.69, 9.17) is 54.8 Å². The van der Waals surface area contributed by atoms with Gasteiger partial charge in [-0.15, -0.1) is 0 Å². The number of para-hydroxylation sites is 1. The highest BCUT2D eigenvalue weighted by Crippen LogP contribution is 2.43. The Balaban J connectivity index is 1.44. The van der Waals surface area contributed by atoms with Crippen molar-refractivity contribution in [1.82, 2.24) is 9.88 Å². The summed E-state index contributed by atoms with van der Waals surface area (Å²) in [6.07, 6.45) is 0.220. The van der Waals surface area contributed by atoms with Crippen LogP contribution in [0.25, 0.3) is 10.9 Å². The fourth-order valence-corrected chi connectivity index (χ4v) is 10.2. The van der Waals surface area contributed by atoms with Gasteiger partial charge in [-0.05, 0) is 97.3 Å². The molecule has 1 N–H and O–H groups in total. The highest BCUT2D eigenvalue weighted by Gasteiger charge is 2.59. The van der Waals surface area contributed by atoms with Gasteiger partial charge in [-0.3, -0.25) is 9.78 Å². The predicted octanol–water partition coefficient (Wildman–Crippen LogP) is 8.68. The standard InChI is InChI=1S/C50H68ClN3O11/c1-12-40-50(8)45(64-48(57)65-50)31(4)41(53-60-28-36-20-13-15-21-37(36)51)29(2)26-49(7,58-11)44(63-47-42(55)39(54(9)10)24-30(3)61-47)32(5)43(33(6)46(56)62-40)59-23-17-18-34-25-35-19-14-16-22-38(35)52-27-34/h13-17,19-23,25,27,29-33,39-40,42-45,47,55H,12,18,24,26,28H2,1-11H3/b23-17-,53-41+/t29-,30-,31+,32+,33-,39+,40-,42-,43+,44-,45-,47+,49-,50-/m1/s1. The van der Waals surface area contributed by atoms with Crippen LogP contribution in [-0.4, -0.2) is 114 Å². The number of fused-ring (bicyclic) bond motifs is 2. The summed E-state index contributed by atoms with van der Waals surface area (Å²) in [4.78, 5) is 40.4. The lowest BCUT2D eigenvalue weighted by Crippen LogP contribution is -2.60. The molecule has 2 aromatic carbocycles. The molecule has 0 radical (unpaired) electrons. The van der Waals surface area contributed by atoms with E-state index in [1.807, 2.05) is 115 Å². The molecule has 3 aliphatic heterocycles. The third-order valence-corrected chi connectivity index (χ3v) is 14.0. The number of hydrogen-bond acceptors (Lipinski definition) is 14. The minimum atomic E-state index is -1.41. The van der Waals surface area contributed by atoms with Gasteiger partial charge in [-0.2, -0.15) is 0 Å². The Bertz CT molecular complexity index is 2160. The van der Waals surface area contributed by atoms with E-state index < -0.39 is 83.8 Å². The van der Waals surface area contributed by atoms with E-state index in [-0.39, 0.29) is 18.8 Å². The van der Waals surface area contributed by atoms with Crippen LogP contribution in [0.5, 0.6) is 0 Å². The number of carbonyl (C=O) groups is 2. The Morgan fingerprint density at radius 3 is 2.45 bits per heavy atom. The molecule has 14 atom stereocenters. The molecule has 3 aliphatic rings. The van der Waals surface area contributed by atoms with E-state index in [0.717, 1.165) is 22.0 Å². The van der Waals surface area contributed by atoms with Crippen LogP contribution in [0, 0.1) is 23.7 Å². The van der Waals surface area contributed by atoms with Gasteiger partial charge >= 0.3 is 12.1 Å². The lowest BCUT2D eigenvalue weighted by Gasteiger charge is -2.48. The van der Waals surface area contributed by atoms with Crippen molar-refractivity contribution in [3.63, 3.8) is 0 Å². The monoisotopic (exact) mass is 921 g/mol. The van der Waals surface area contributed by atoms with Crippen LogP contribution in [0.4, 0.5) is 4.79 Å². The van der Waals surface area contributed by atoms with Crippen LogP contribution < -0.4 is 0 Å². The second-order valence-electron chi connectivity index (χ2n) is 18.7. The number of halogens is 1. The molecule has 1 aromatic heterocycles. The van der Waals surface area contributed by atoms with E-state index in [2.05, 4.69) is 11.1 Å². The van der Waals surface area contributed by atoms with Crippen molar-refractivity contribution in [2.24, 2.45) is 28.8 Å². The molecule has 0 bridgehead atoms. The molecule has 3 aromatic rings. The average Bonchev–Trinajstić information content (AvgIpc) is 3.60. The number of rotatable bonds is 12. The summed E-state index contributed by atoms with van der Waals surface area (Å²) in [7, 11) is 5.45. The molecule has 6 rings (SSSR count). The van der Waals surface area contributed by atoms with Crippen molar-refractivity contribution in [3.8, 4) is 0 Å². The third kappa shape index (κ3) is 11.3. The van der Waals surface area contributed by atoms with Gasteiger partial charge < -0.3 is 48.0 Å². The SMILES string of the molecule is CC[C@H]1OC(=O)[C@H](C)[C@@H](O/C=C\Cc2cnc3ccccc3c2)[C@H](C)[C@@H](O[C@@H]2O[C@H](C)C[C@H](N(C)C)[C@H]2O)[C@](C)(OC)C[C@@H](C)/C(=N\OCc2ccccc2Cl)[C@H](C)[C@H]2OC(=O)O[C@@]21C. The normalized spacial score (nSPS) is 35.6. The Kier molecular flexibility index (Phi) is 16.6. The van der Waals surface area contributed by atoms with Crippen LogP contribution in [-0.2, 0) is 55.8 Å². The van der Waals surface area contributed by atoms with Crippen LogP contribution in [0.3, 0.4) is 0 Å². The number of pyridine rings is 1. The van der Waals surface area contributed by atoms with Crippen LogP contribution in [0.1, 0.15) is 85.8 Å². The summed E-state index contributed by atoms with van der Waals surface area (Å²) < 4.78 is 44.9. The van der Waals surface area contributed by atoms with Crippen LogP contribution in [0.2, 0.25) is 5.02 Å². The zero-order valence-electron chi connectivity index (χ0n) is 39.6. The highest BCUT2D eigenvalue weighted by atomic mass is 35.5. The Labute approximate surface area is 388 Å². The number of ether oxygens (including phenoxy) is 7. The summed E-state index contributed by atoms with van der Waals surface area (Å²) >= 11 is 6.50. The molecule has 65 heavy (non-hydrogen) atoms. The quantitative estimate of drug-likeness (QED) is 0.105. The lowest BCUT2D eigenvalue weighted by molar-refractivity contribution is -0.301. The van der Waals surface area contributed by atoms with Gasteiger partial charge in [0, 0.05) is 53.1 Å². The second kappa shape index (κ2) is 21.5. The van der Waals surface area contributed by atoms with E-state index >= 15 is 0 Å². The summed E-state index contributed by atoms with van der Waals surface area (Å²) in [5.41, 5.74) is 0.596. The maximum absolute atomic E-state index is 14.6. The highest BCUT2D eigenvalue weighted by molar-refractivity contribution is 6.31. The van der Waals surface area contributed by atoms with Crippen LogP contribution >= 0.6 is 11.6 Å². The number of allylic oxidation sites excluding steroid dienone is 1. The van der Waals surface area contributed by atoms with Gasteiger partial charge in [0.2, 0.25) is 0 Å². The number of aromatic nitrogens is 1. The van der Waals surface area contributed by atoms with E-state index in [1.54, 1.807) is 33.3 Å². The number of oxime groups is 1. The van der Waals surface area contributed by atoms with Gasteiger partial charge in [-0.25, -0.2) is 4.79 Å². The summed E-state index contributed by atoms with van der Waals surface area (Å²) in [5, 5.41) is 18.2. The number of methoxy groups -OCH3 is 1. The molecule has 0 unspecified atom stereocenters. The van der Waals surface area contributed by atoms with Gasteiger partial charge in [0.25, 0.3) is 0 Å². The number of esters is 1. The third-order valence-electron chi connectivity index (χ3n) is 13.7. The number of likely N-dealkylation sites (N-methyl/N-ethyl adjacent to an activating group) is 1. The molecule has 3 fully saturated rings. The van der Waals surface area contributed by atoms with Crippen molar-refractivity contribution >= 4 is 40.3 Å². The first-order valence-electron chi connectivity index (χ1n) is 22.8. The number of benzene rings is 2. The summed E-state index contributed by atoms with van der Waals surface area (Å²) in [5.74, 6) is -3.10. The minimum absolute atomic E-state index is 0.0737. The molecule has 14 nitrogen and oxygen atoms in total. The fraction of sp³-hybridized carbons (Fsp3) is 0.600. The van der Waals surface area contributed by atoms with Gasteiger partial charge in [0.05, 0.1) is 41.2 Å². The van der Waals surface area contributed by atoms with E-state index in [0.29, 0.717) is 36.4 Å². The zero-order valence-corrected chi connectivity index (χ0v) is 40.4. The van der Waals surface area contributed by atoms with Gasteiger partial charge in [-0.1, -0.05) is 80.8 Å². The molecule has 0 spiro atoms. The average molecular weight is 923 g/mol. The maximum atomic E-state index is 14.6. The Hall–Kier alpha value is -4.31. The van der Waals surface area contributed by atoms with Crippen molar-refractivity contribution in [1.29, 1.82) is 0 Å². The number of aliphatic hydroxyl groups excluding tert-OH is 1. The topological polar surface area (TPSA) is 157 Å². The molecule has 4 heterocycles. The second-order valence-corrected chi connectivity index (χ2v) is 19.1. The molecular formula is C50H68ClN3O11. The van der Waals surface area contributed by atoms with E-state index in [1.165, 1.54) is 0 Å². The molecule has 15 heteroatoms. The first-order valence-corrected chi connectivity index (χ1v) is 23.2. The van der Waals surface area contributed by atoms with Gasteiger partial charge in [0.1, 0.15) is 24.9 Å². The number of nitrogens with zero attached hydrogens (tertiary/aromatic N) is 3. The van der Waals surface area contributed by atoms with E-state index in [9.17, 15) is 14.7 Å². The van der Waals surface area contributed by atoms with Gasteiger partial charge in [0.15, 0.2) is 18.0 Å². The van der Waals surface area contributed by atoms with Crippen molar-refractivity contribution < 1.29 is 52.7 Å². The molecule has 356 valence electrons.